The zero-order valence-corrected chi connectivity index (χ0v) is 14.9. The fourth-order valence-corrected chi connectivity index (χ4v) is 3.02. The molecule has 0 saturated carbocycles. The summed E-state index contributed by atoms with van der Waals surface area (Å²) < 4.78 is 11.7. The second-order valence-electron chi connectivity index (χ2n) is 6.56. The number of anilines is 2. The van der Waals surface area contributed by atoms with Gasteiger partial charge in [-0.1, -0.05) is 12.1 Å². The Morgan fingerprint density at radius 2 is 2.04 bits per heavy atom. The van der Waals surface area contributed by atoms with Gasteiger partial charge in [0.15, 0.2) is 5.78 Å². The third kappa shape index (κ3) is 4.53. The van der Waals surface area contributed by atoms with Gasteiger partial charge in [0.25, 0.3) is 0 Å². The first kappa shape index (κ1) is 18.2. The third-order valence-corrected chi connectivity index (χ3v) is 4.38. The van der Waals surface area contributed by atoms with Gasteiger partial charge < -0.3 is 26.3 Å². The van der Waals surface area contributed by atoms with Gasteiger partial charge >= 0.3 is 0 Å². The zero-order valence-electron chi connectivity index (χ0n) is 14.9. The lowest BCUT2D eigenvalue weighted by molar-refractivity contribution is 0.00333. The Kier molecular flexibility index (Phi) is 5.75. The average molecular weight is 355 g/mol. The van der Waals surface area contributed by atoms with Gasteiger partial charge in [-0.25, -0.2) is 0 Å². The van der Waals surface area contributed by atoms with Gasteiger partial charge in [0, 0.05) is 30.6 Å². The number of ketones is 1. The van der Waals surface area contributed by atoms with E-state index in [0.29, 0.717) is 28.3 Å². The molecule has 2 aromatic carbocycles. The lowest BCUT2D eigenvalue weighted by Gasteiger charge is -2.26. The molecule has 0 bridgehead atoms. The maximum atomic E-state index is 12.7. The normalized spacial score (nSPS) is 18.3. The van der Waals surface area contributed by atoms with Crippen LogP contribution in [0.2, 0.25) is 0 Å². The number of hydrogen-bond donors (Lipinski definition) is 3. The Morgan fingerprint density at radius 1 is 1.23 bits per heavy atom. The molecule has 1 aliphatic heterocycles. The molecule has 0 spiro atoms. The number of benzene rings is 2. The topological polar surface area (TPSA) is 99.6 Å². The predicted molar refractivity (Wildman–Crippen MR) is 102 cm³/mol. The van der Waals surface area contributed by atoms with E-state index in [2.05, 4.69) is 5.32 Å². The van der Waals surface area contributed by atoms with E-state index in [1.54, 1.807) is 30.3 Å². The highest BCUT2D eigenvalue weighted by atomic mass is 16.5. The molecule has 0 aromatic heterocycles. The number of morpholine rings is 1. The molecule has 6 nitrogen and oxygen atoms in total. The molecule has 2 aromatic rings. The van der Waals surface area contributed by atoms with Crippen molar-refractivity contribution < 1.29 is 14.3 Å². The van der Waals surface area contributed by atoms with Crippen molar-refractivity contribution in [3.63, 3.8) is 0 Å². The van der Waals surface area contributed by atoms with Crippen LogP contribution >= 0.6 is 0 Å². The zero-order chi connectivity index (χ0) is 18.5. The van der Waals surface area contributed by atoms with Crippen molar-refractivity contribution in [1.82, 2.24) is 5.32 Å². The van der Waals surface area contributed by atoms with E-state index in [0.717, 1.165) is 26.1 Å². The summed E-state index contributed by atoms with van der Waals surface area (Å²) in [5, 5.41) is 3.31. The van der Waals surface area contributed by atoms with Crippen molar-refractivity contribution in [1.29, 1.82) is 0 Å². The van der Waals surface area contributed by atoms with E-state index in [1.165, 1.54) is 0 Å². The minimum Gasteiger partial charge on any atom is -0.491 e. The van der Waals surface area contributed by atoms with Crippen LogP contribution < -0.4 is 21.5 Å². The van der Waals surface area contributed by atoms with Crippen LogP contribution in [0.4, 0.5) is 11.4 Å². The Balaban J connectivity index is 1.67. The second kappa shape index (κ2) is 8.21. The molecule has 2 unspecified atom stereocenters. The van der Waals surface area contributed by atoms with E-state index in [9.17, 15) is 4.79 Å². The molecule has 6 heteroatoms. The lowest BCUT2D eigenvalue weighted by atomic mass is 10.0. The van der Waals surface area contributed by atoms with Crippen LogP contribution in [0.25, 0.3) is 0 Å². The quantitative estimate of drug-likeness (QED) is 0.543. The Bertz CT molecular complexity index is 773. The summed E-state index contributed by atoms with van der Waals surface area (Å²) in [6.07, 6.45) is 0.929. The lowest BCUT2D eigenvalue weighted by Crippen LogP contribution is -2.40. The first-order valence-corrected chi connectivity index (χ1v) is 8.81. The minimum absolute atomic E-state index is 0.0163. The highest BCUT2D eigenvalue weighted by Gasteiger charge is 2.18. The summed E-state index contributed by atoms with van der Waals surface area (Å²) in [5.41, 5.74) is 13.4. The average Bonchev–Trinajstić information content (AvgIpc) is 2.64. The minimum atomic E-state index is -0.116. The fraction of sp³-hybridized carbons (Fsp3) is 0.350. The second-order valence-corrected chi connectivity index (χ2v) is 6.56. The van der Waals surface area contributed by atoms with Crippen LogP contribution in [-0.2, 0) is 4.74 Å². The van der Waals surface area contributed by atoms with Gasteiger partial charge in [-0.3, -0.25) is 4.79 Å². The van der Waals surface area contributed by atoms with Crippen LogP contribution in [0.1, 0.15) is 29.3 Å². The van der Waals surface area contributed by atoms with Gasteiger partial charge in [0.2, 0.25) is 0 Å². The van der Waals surface area contributed by atoms with Crippen LogP contribution in [0, 0.1) is 0 Å². The number of rotatable bonds is 6. The highest BCUT2D eigenvalue weighted by molar-refractivity contribution is 6.10. The van der Waals surface area contributed by atoms with E-state index >= 15 is 0 Å². The number of carbonyl (C=O) groups is 1. The molecular formula is C20H25N3O3. The van der Waals surface area contributed by atoms with Gasteiger partial charge in [0.05, 0.1) is 30.2 Å². The smallest absolute Gasteiger partial charge is 0.193 e. The molecule has 0 radical (unpaired) electrons. The standard InChI is InChI=1S/C20H25N3O3/c1-13(9-17-12-23-7-8-25-17)26-16-4-2-3-14(10-16)20(24)15-5-6-18(21)19(22)11-15/h2-6,10-11,13,17,23H,7-9,12,21-22H2,1H3. The SMILES string of the molecule is CC(CC1CNCCO1)Oc1cccc(C(=O)c2ccc(N)c(N)c2)c1. The first-order valence-electron chi connectivity index (χ1n) is 8.81. The molecule has 1 heterocycles. The van der Waals surface area contributed by atoms with Crippen LogP contribution in [0.3, 0.4) is 0 Å². The van der Waals surface area contributed by atoms with Crippen molar-refractivity contribution in [3.05, 3.63) is 53.6 Å². The number of nitrogens with one attached hydrogen (secondary N) is 1. The van der Waals surface area contributed by atoms with Crippen molar-refractivity contribution >= 4 is 17.2 Å². The molecule has 1 fully saturated rings. The Hall–Kier alpha value is -2.57. The molecule has 1 saturated heterocycles. The van der Waals surface area contributed by atoms with Gasteiger partial charge in [-0.15, -0.1) is 0 Å². The summed E-state index contributed by atoms with van der Waals surface area (Å²) in [5.74, 6) is 0.546. The molecule has 1 aliphatic rings. The summed E-state index contributed by atoms with van der Waals surface area (Å²) in [4.78, 5) is 12.7. The number of ether oxygens (including phenoxy) is 2. The number of hydrogen-bond acceptors (Lipinski definition) is 6. The largest absolute Gasteiger partial charge is 0.491 e. The summed E-state index contributed by atoms with van der Waals surface area (Å²) in [6.45, 7) is 4.47. The molecule has 0 amide bonds. The fourth-order valence-electron chi connectivity index (χ4n) is 3.02. The van der Waals surface area contributed by atoms with Gasteiger partial charge in [-0.2, -0.15) is 0 Å². The molecule has 2 atom stereocenters. The van der Waals surface area contributed by atoms with Gasteiger partial charge in [0.1, 0.15) is 5.75 Å². The van der Waals surface area contributed by atoms with Crippen molar-refractivity contribution in [3.8, 4) is 5.75 Å². The Labute approximate surface area is 153 Å². The van der Waals surface area contributed by atoms with Crippen molar-refractivity contribution in [2.24, 2.45) is 0 Å². The Morgan fingerprint density at radius 3 is 2.77 bits per heavy atom. The maximum Gasteiger partial charge on any atom is 0.193 e. The van der Waals surface area contributed by atoms with Gasteiger partial charge in [-0.05, 0) is 37.3 Å². The molecular weight excluding hydrogens is 330 g/mol. The number of carbonyl (C=O) groups excluding carboxylic acids is 1. The van der Waals surface area contributed by atoms with Crippen molar-refractivity contribution in [2.75, 3.05) is 31.2 Å². The number of nitrogen functional groups attached to an aromatic ring is 2. The molecule has 0 aliphatic carbocycles. The molecule has 3 rings (SSSR count). The van der Waals surface area contributed by atoms with E-state index < -0.39 is 0 Å². The summed E-state index contributed by atoms with van der Waals surface area (Å²) in [6, 6.07) is 12.1. The molecule has 138 valence electrons. The highest BCUT2D eigenvalue weighted by Crippen LogP contribution is 2.22. The van der Waals surface area contributed by atoms with Crippen LogP contribution in [-0.4, -0.2) is 37.7 Å². The third-order valence-electron chi connectivity index (χ3n) is 4.38. The van der Waals surface area contributed by atoms with E-state index in [4.69, 9.17) is 20.9 Å². The summed E-state index contributed by atoms with van der Waals surface area (Å²) in [7, 11) is 0. The predicted octanol–water partition coefficient (Wildman–Crippen LogP) is 2.23. The first-order chi connectivity index (χ1) is 12.5. The van der Waals surface area contributed by atoms with Crippen molar-refractivity contribution in [2.45, 2.75) is 25.6 Å². The molecule has 26 heavy (non-hydrogen) atoms. The van der Waals surface area contributed by atoms with Crippen LogP contribution in [0.5, 0.6) is 5.75 Å². The van der Waals surface area contributed by atoms with E-state index in [1.807, 2.05) is 19.1 Å². The maximum absolute atomic E-state index is 12.7. The summed E-state index contributed by atoms with van der Waals surface area (Å²) >= 11 is 0. The van der Waals surface area contributed by atoms with E-state index in [-0.39, 0.29) is 18.0 Å². The van der Waals surface area contributed by atoms with Crippen LogP contribution in [0.15, 0.2) is 42.5 Å². The monoisotopic (exact) mass is 355 g/mol. The number of nitrogens with two attached hydrogens (primary N) is 2. The molecule has 5 N–H and O–H groups in total.